The van der Waals surface area contributed by atoms with Gasteiger partial charge in [-0.25, -0.2) is 4.79 Å². The Labute approximate surface area is 124 Å². The standard InChI is InChI=1S/C14H14BrN3O2/c15-12-7-16-18-6-5-17(9-13(12)18)8-10-3-1-2-4-11(10)14(19)20/h1-4,7H,5-6,8-9H2,(H,19,20). The molecule has 1 aliphatic heterocycles. The first-order valence-electron chi connectivity index (χ1n) is 6.39. The molecule has 0 saturated heterocycles. The summed E-state index contributed by atoms with van der Waals surface area (Å²) in [4.78, 5) is 13.5. The van der Waals surface area contributed by atoms with E-state index in [2.05, 4.69) is 25.9 Å². The molecule has 1 aromatic heterocycles. The SMILES string of the molecule is O=C(O)c1ccccc1CN1CCn2ncc(Br)c2C1. The van der Waals surface area contributed by atoms with Crippen LogP contribution in [0.3, 0.4) is 0 Å². The maximum absolute atomic E-state index is 11.2. The van der Waals surface area contributed by atoms with Crippen LogP contribution in [0.25, 0.3) is 0 Å². The third-order valence-corrected chi connectivity index (χ3v) is 4.20. The summed E-state index contributed by atoms with van der Waals surface area (Å²) in [6.07, 6.45) is 1.81. The van der Waals surface area contributed by atoms with Gasteiger partial charge in [-0.2, -0.15) is 5.10 Å². The maximum atomic E-state index is 11.2. The van der Waals surface area contributed by atoms with Gasteiger partial charge in [-0.15, -0.1) is 0 Å². The number of carbonyl (C=O) groups is 1. The van der Waals surface area contributed by atoms with E-state index in [9.17, 15) is 9.90 Å². The molecule has 0 bridgehead atoms. The topological polar surface area (TPSA) is 58.4 Å². The number of hydrogen-bond donors (Lipinski definition) is 1. The first-order chi connectivity index (χ1) is 9.65. The van der Waals surface area contributed by atoms with Crippen molar-refractivity contribution in [3.05, 3.63) is 51.8 Å². The van der Waals surface area contributed by atoms with Crippen molar-refractivity contribution in [2.24, 2.45) is 0 Å². The van der Waals surface area contributed by atoms with Crippen molar-refractivity contribution in [2.45, 2.75) is 19.6 Å². The summed E-state index contributed by atoms with van der Waals surface area (Å²) >= 11 is 3.50. The second-order valence-corrected chi connectivity index (χ2v) is 5.69. The van der Waals surface area contributed by atoms with E-state index in [1.54, 1.807) is 12.1 Å². The molecule has 0 spiro atoms. The molecule has 1 aromatic carbocycles. The minimum Gasteiger partial charge on any atom is -0.478 e. The number of rotatable bonds is 3. The van der Waals surface area contributed by atoms with Crippen molar-refractivity contribution >= 4 is 21.9 Å². The van der Waals surface area contributed by atoms with Gasteiger partial charge in [0.25, 0.3) is 0 Å². The van der Waals surface area contributed by atoms with E-state index in [0.29, 0.717) is 12.1 Å². The van der Waals surface area contributed by atoms with Gasteiger partial charge in [-0.05, 0) is 27.6 Å². The first-order valence-corrected chi connectivity index (χ1v) is 7.18. The smallest absolute Gasteiger partial charge is 0.336 e. The molecule has 2 heterocycles. The number of aromatic carboxylic acids is 1. The Kier molecular flexibility index (Phi) is 3.58. The molecule has 0 unspecified atom stereocenters. The van der Waals surface area contributed by atoms with E-state index in [0.717, 1.165) is 35.4 Å². The number of carboxylic acids is 1. The van der Waals surface area contributed by atoms with Gasteiger partial charge in [0.15, 0.2) is 0 Å². The van der Waals surface area contributed by atoms with Crippen LogP contribution in [0, 0.1) is 0 Å². The van der Waals surface area contributed by atoms with Crippen molar-refractivity contribution in [3.63, 3.8) is 0 Å². The van der Waals surface area contributed by atoms with E-state index in [-0.39, 0.29) is 0 Å². The largest absolute Gasteiger partial charge is 0.478 e. The predicted molar refractivity (Wildman–Crippen MR) is 77.4 cm³/mol. The third kappa shape index (κ3) is 2.48. The second kappa shape index (κ2) is 5.38. The fourth-order valence-corrected chi connectivity index (χ4v) is 2.93. The van der Waals surface area contributed by atoms with Gasteiger partial charge in [0, 0.05) is 19.6 Å². The Morgan fingerprint density at radius 1 is 1.35 bits per heavy atom. The van der Waals surface area contributed by atoms with Gasteiger partial charge >= 0.3 is 5.97 Å². The van der Waals surface area contributed by atoms with Crippen LogP contribution >= 0.6 is 15.9 Å². The number of carboxylic acid groups (broad SMARTS) is 1. The van der Waals surface area contributed by atoms with Crippen molar-refractivity contribution < 1.29 is 9.90 Å². The van der Waals surface area contributed by atoms with E-state index in [1.807, 2.05) is 23.0 Å². The van der Waals surface area contributed by atoms with Gasteiger partial charge in [-0.1, -0.05) is 18.2 Å². The monoisotopic (exact) mass is 335 g/mol. The molecule has 1 N–H and O–H groups in total. The van der Waals surface area contributed by atoms with Gasteiger partial charge in [0.1, 0.15) is 0 Å². The average Bonchev–Trinajstić information content (AvgIpc) is 2.81. The maximum Gasteiger partial charge on any atom is 0.336 e. The summed E-state index contributed by atoms with van der Waals surface area (Å²) in [5, 5.41) is 13.5. The van der Waals surface area contributed by atoms with Crippen molar-refractivity contribution in [2.75, 3.05) is 6.54 Å². The second-order valence-electron chi connectivity index (χ2n) is 4.84. The quantitative estimate of drug-likeness (QED) is 0.935. The van der Waals surface area contributed by atoms with Crippen LogP contribution in [0.2, 0.25) is 0 Å². The van der Waals surface area contributed by atoms with E-state index < -0.39 is 5.97 Å². The molecule has 0 fully saturated rings. The summed E-state index contributed by atoms with van der Waals surface area (Å²) in [5.74, 6) is -0.871. The zero-order valence-electron chi connectivity index (χ0n) is 10.8. The lowest BCUT2D eigenvalue weighted by Gasteiger charge is -2.28. The fraction of sp³-hybridized carbons (Fsp3) is 0.286. The highest BCUT2D eigenvalue weighted by Gasteiger charge is 2.20. The van der Waals surface area contributed by atoms with Gasteiger partial charge in [0.05, 0.1) is 28.5 Å². The Morgan fingerprint density at radius 2 is 2.15 bits per heavy atom. The molecule has 1 aliphatic rings. The molecule has 0 aliphatic carbocycles. The fourth-order valence-electron chi connectivity index (χ4n) is 2.51. The van der Waals surface area contributed by atoms with E-state index in [4.69, 9.17) is 0 Å². The Morgan fingerprint density at radius 3 is 2.95 bits per heavy atom. The average molecular weight is 336 g/mol. The minimum absolute atomic E-state index is 0.380. The number of benzene rings is 1. The first kappa shape index (κ1) is 13.3. The molecule has 0 atom stereocenters. The third-order valence-electron chi connectivity index (χ3n) is 3.54. The number of fused-ring (bicyclic) bond motifs is 1. The van der Waals surface area contributed by atoms with Crippen LogP contribution in [0.1, 0.15) is 21.6 Å². The summed E-state index contributed by atoms with van der Waals surface area (Å²) in [7, 11) is 0. The number of hydrogen-bond acceptors (Lipinski definition) is 3. The molecule has 0 amide bonds. The van der Waals surface area contributed by atoms with Crippen LogP contribution in [0.15, 0.2) is 34.9 Å². The van der Waals surface area contributed by atoms with Crippen molar-refractivity contribution in [3.8, 4) is 0 Å². The number of nitrogens with zero attached hydrogens (tertiary/aromatic N) is 3. The minimum atomic E-state index is -0.871. The molecule has 6 heteroatoms. The number of aromatic nitrogens is 2. The molecular weight excluding hydrogens is 322 g/mol. The molecule has 104 valence electrons. The zero-order valence-corrected chi connectivity index (χ0v) is 12.4. The highest BCUT2D eigenvalue weighted by atomic mass is 79.9. The van der Waals surface area contributed by atoms with Crippen LogP contribution in [-0.2, 0) is 19.6 Å². The van der Waals surface area contributed by atoms with Gasteiger partial charge < -0.3 is 5.11 Å². The van der Waals surface area contributed by atoms with E-state index in [1.165, 1.54) is 0 Å². The molecule has 3 rings (SSSR count). The lowest BCUT2D eigenvalue weighted by atomic mass is 10.1. The zero-order chi connectivity index (χ0) is 14.1. The lowest BCUT2D eigenvalue weighted by Crippen LogP contribution is -2.34. The van der Waals surface area contributed by atoms with Crippen LogP contribution < -0.4 is 0 Å². The van der Waals surface area contributed by atoms with Crippen molar-refractivity contribution in [1.29, 1.82) is 0 Å². The molecule has 0 saturated carbocycles. The van der Waals surface area contributed by atoms with Crippen LogP contribution in [-0.4, -0.2) is 32.3 Å². The predicted octanol–water partition coefficient (Wildman–Crippen LogP) is 2.36. The molecule has 0 radical (unpaired) electrons. The summed E-state index contributed by atoms with van der Waals surface area (Å²) < 4.78 is 3.00. The highest BCUT2D eigenvalue weighted by Crippen LogP contribution is 2.23. The van der Waals surface area contributed by atoms with Crippen LogP contribution in [0.5, 0.6) is 0 Å². The van der Waals surface area contributed by atoms with Gasteiger partial charge in [0.2, 0.25) is 0 Å². The molecule has 2 aromatic rings. The van der Waals surface area contributed by atoms with Crippen molar-refractivity contribution in [1.82, 2.24) is 14.7 Å². The summed E-state index contributed by atoms with van der Waals surface area (Å²) in [5.41, 5.74) is 2.37. The lowest BCUT2D eigenvalue weighted by molar-refractivity contribution is 0.0694. The Balaban J connectivity index is 1.80. The Bertz CT molecular complexity index is 654. The van der Waals surface area contributed by atoms with Gasteiger partial charge in [-0.3, -0.25) is 9.58 Å². The highest BCUT2D eigenvalue weighted by molar-refractivity contribution is 9.10. The number of halogens is 1. The molecule has 20 heavy (non-hydrogen) atoms. The molecule has 5 nitrogen and oxygen atoms in total. The van der Waals surface area contributed by atoms with E-state index >= 15 is 0 Å². The van der Waals surface area contributed by atoms with Crippen LogP contribution in [0.4, 0.5) is 0 Å². The normalized spacial score (nSPS) is 15.1. The summed E-state index contributed by atoms with van der Waals surface area (Å²) in [6, 6.07) is 7.17. The summed E-state index contributed by atoms with van der Waals surface area (Å²) in [6.45, 7) is 3.11. The Hall–Kier alpha value is -1.66. The molecular formula is C14H14BrN3O2.